The van der Waals surface area contributed by atoms with Gasteiger partial charge in [-0.1, -0.05) is 51.3 Å². The zero-order valence-electron chi connectivity index (χ0n) is 17.3. The van der Waals surface area contributed by atoms with E-state index in [9.17, 15) is 9.59 Å². The number of benzene rings is 1. The second-order valence-electron chi connectivity index (χ2n) is 8.49. The Hall–Kier alpha value is -2.30. The van der Waals surface area contributed by atoms with Crippen LogP contribution >= 0.6 is 0 Å². The summed E-state index contributed by atoms with van der Waals surface area (Å²) in [6.45, 7) is 7.81. The van der Waals surface area contributed by atoms with Gasteiger partial charge in [0.1, 0.15) is 0 Å². The summed E-state index contributed by atoms with van der Waals surface area (Å²) >= 11 is 0. The van der Waals surface area contributed by atoms with Crippen molar-refractivity contribution in [3.8, 4) is 0 Å². The number of para-hydroxylation sites is 1. The number of fused-ring (bicyclic) bond motifs is 5. The number of H-pyrrole nitrogens is 1. The summed E-state index contributed by atoms with van der Waals surface area (Å²) in [6.07, 6.45) is 5.28. The number of rotatable bonds is 6. The van der Waals surface area contributed by atoms with Crippen LogP contribution in [0.3, 0.4) is 0 Å². The van der Waals surface area contributed by atoms with Crippen molar-refractivity contribution in [1.82, 2.24) is 14.8 Å². The molecule has 5 heteroatoms. The molecule has 0 unspecified atom stereocenters. The molecule has 150 valence electrons. The zero-order chi connectivity index (χ0) is 19.9. The van der Waals surface area contributed by atoms with Crippen molar-refractivity contribution in [3.05, 3.63) is 35.5 Å². The van der Waals surface area contributed by atoms with Gasteiger partial charge in [-0.25, -0.2) is 0 Å². The van der Waals surface area contributed by atoms with E-state index < -0.39 is 5.54 Å². The molecule has 3 heterocycles. The molecule has 1 fully saturated rings. The molecule has 28 heavy (non-hydrogen) atoms. The van der Waals surface area contributed by atoms with Crippen molar-refractivity contribution in [3.63, 3.8) is 0 Å². The predicted molar refractivity (Wildman–Crippen MR) is 111 cm³/mol. The van der Waals surface area contributed by atoms with Crippen LogP contribution in [0.25, 0.3) is 10.9 Å². The van der Waals surface area contributed by atoms with Gasteiger partial charge in [0.2, 0.25) is 5.91 Å². The van der Waals surface area contributed by atoms with Crippen molar-refractivity contribution in [2.24, 2.45) is 5.92 Å². The Kier molecular flexibility index (Phi) is 4.94. The number of hydrogen-bond donors (Lipinski definition) is 1. The number of piperazine rings is 1. The van der Waals surface area contributed by atoms with Crippen LogP contribution in [0, 0.1) is 5.92 Å². The summed E-state index contributed by atoms with van der Waals surface area (Å²) in [5.41, 5.74) is 2.22. The van der Waals surface area contributed by atoms with Crippen LogP contribution in [-0.4, -0.2) is 46.2 Å². The first-order valence-corrected chi connectivity index (χ1v) is 10.7. The van der Waals surface area contributed by atoms with E-state index in [0.29, 0.717) is 19.0 Å². The Morgan fingerprint density at radius 2 is 2.00 bits per heavy atom. The van der Waals surface area contributed by atoms with Crippen LogP contribution in [0.1, 0.15) is 57.7 Å². The molecule has 1 saturated heterocycles. The molecular weight excluding hydrogens is 350 g/mol. The molecule has 2 aliphatic rings. The Labute approximate surface area is 167 Å². The van der Waals surface area contributed by atoms with E-state index >= 15 is 0 Å². The van der Waals surface area contributed by atoms with E-state index in [-0.39, 0.29) is 18.4 Å². The van der Waals surface area contributed by atoms with Gasteiger partial charge in [0, 0.05) is 24.0 Å². The lowest BCUT2D eigenvalue weighted by Gasteiger charge is -2.50. The summed E-state index contributed by atoms with van der Waals surface area (Å²) < 4.78 is 0. The minimum atomic E-state index is -0.926. The largest absolute Gasteiger partial charge is 0.356 e. The topological polar surface area (TPSA) is 56.4 Å². The number of nitrogens with zero attached hydrogens (tertiary/aromatic N) is 2. The number of aromatic nitrogens is 1. The average molecular weight is 382 g/mol. The first kappa shape index (κ1) is 19.0. The molecule has 1 aromatic heterocycles. The lowest BCUT2D eigenvalue weighted by Crippen LogP contribution is -2.67. The lowest BCUT2D eigenvalue weighted by molar-refractivity contribution is -0.166. The molecule has 0 bridgehead atoms. The third kappa shape index (κ3) is 2.83. The van der Waals surface area contributed by atoms with Gasteiger partial charge in [0.25, 0.3) is 5.91 Å². The summed E-state index contributed by atoms with van der Waals surface area (Å²) in [4.78, 5) is 33.8. The monoisotopic (exact) mass is 381 g/mol. The van der Waals surface area contributed by atoms with Crippen molar-refractivity contribution < 1.29 is 9.59 Å². The van der Waals surface area contributed by atoms with Gasteiger partial charge in [0.15, 0.2) is 5.54 Å². The molecule has 1 N–H and O–H groups in total. The fourth-order valence-electron chi connectivity index (χ4n) is 5.06. The van der Waals surface area contributed by atoms with E-state index in [0.717, 1.165) is 36.9 Å². The maximum atomic E-state index is 13.7. The number of carbonyl (C=O) groups excluding carboxylic acids is 2. The maximum Gasteiger partial charge on any atom is 0.254 e. The number of aromatic amines is 1. The van der Waals surface area contributed by atoms with Gasteiger partial charge in [0.05, 0.1) is 12.2 Å². The van der Waals surface area contributed by atoms with E-state index in [4.69, 9.17) is 0 Å². The van der Waals surface area contributed by atoms with Gasteiger partial charge in [-0.3, -0.25) is 9.59 Å². The fraction of sp³-hybridized carbons (Fsp3) is 0.565. The Morgan fingerprint density at radius 3 is 2.75 bits per heavy atom. The van der Waals surface area contributed by atoms with Gasteiger partial charge in [-0.05, 0) is 37.3 Å². The summed E-state index contributed by atoms with van der Waals surface area (Å²) in [7, 11) is 0. The van der Waals surface area contributed by atoms with Gasteiger partial charge >= 0.3 is 0 Å². The molecule has 0 spiro atoms. The third-order valence-corrected chi connectivity index (χ3v) is 6.78. The van der Waals surface area contributed by atoms with Gasteiger partial charge in [-0.2, -0.15) is 0 Å². The number of amides is 2. The summed E-state index contributed by atoms with van der Waals surface area (Å²) in [5.74, 6) is 0.587. The highest BCUT2D eigenvalue weighted by molar-refractivity contribution is 6.00. The van der Waals surface area contributed by atoms with Gasteiger partial charge < -0.3 is 14.8 Å². The smallest absolute Gasteiger partial charge is 0.254 e. The molecule has 2 amide bonds. The molecule has 0 radical (unpaired) electrons. The molecule has 0 saturated carbocycles. The lowest BCUT2D eigenvalue weighted by atomic mass is 9.83. The first-order chi connectivity index (χ1) is 13.5. The van der Waals surface area contributed by atoms with E-state index in [2.05, 4.69) is 24.9 Å². The zero-order valence-corrected chi connectivity index (χ0v) is 17.3. The van der Waals surface area contributed by atoms with Gasteiger partial charge in [-0.15, -0.1) is 0 Å². The van der Waals surface area contributed by atoms with Crippen LogP contribution in [-0.2, 0) is 21.5 Å². The van der Waals surface area contributed by atoms with Crippen LogP contribution < -0.4 is 0 Å². The molecule has 2 aliphatic heterocycles. The van der Waals surface area contributed by atoms with Crippen molar-refractivity contribution in [2.75, 3.05) is 19.6 Å². The highest BCUT2D eigenvalue weighted by atomic mass is 16.2. The minimum absolute atomic E-state index is 0.0644. The Bertz CT molecular complexity index is 902. The second-order valence-corrected chi connectivity index (χ2v) is 8.49. The maximum absolute atomic E-state index is 13.7. The van der Waals surface area contributed by atoms with Crippen molar-refractivity contribution in [1.29, 1.82) is 0 Å². The summed E-state index contributed by atoms with van der Waals surface area (Å²) in [5, 5.41) is 1.17. The number of nitrogens with one attached hydrogen (secondary N) is 1. The first-order valence-electron chi connectivity index (χ1n) is 10.7. The Morgan fingerprint density at radius 1 is 1.21 bits per heavy atom. The van der Waals surface area contributed by atoms with Crippen LogP contribution in [0.15, 0.2) is 24.3 Å². The molecule has 5 nitrogen and oxygen atoms in total. The predicted octanol–water partition coefficient (Wildman–Crippen LogP) is 3.83. The summed E-state index contributed by atoms with van der Waals surface area (Å²) in [6, 6.07) is 8.19. The SMILES string of the molecule is CCCC[C@H](CC)CN1CC(=O)N2CCc3c([nH]c4ccccc34)[C@]2(C)C1=O. The second kappa shape index (κ2) is 7.26. The minimum Gasteiger partial charge on any atom is -0.356 e. The fourth-order valence-corrected chi connectivity index (χ4v) is 5.06. The van der Waals surface area contributed by atoms with E-state index in [1.54, 1.807) is 4.90 Å². The van der Waals surface area contributed by atoms with E-state index in [1.807, 2.05) is 30.0 Å². The van der Waals surface area contributed by atoms with Crippen LogP contribution in [0.2, 0.25) is 0 Å². The average Bonchev–Trinajstić information content (AvgIpc) is 3.09. The molecule has 0 aliphatic carbocycles. The number of unbranched alkanes of at least 4 members (excludes halogenated alkanes) is 1. The normalized spacial score (nSPS) is 23.1. The molecule has 2 aromatic rings. The highest BCUT2D eigenvalue weighted by Gasteiger charge is 2.54. The van der Waals surface area contributed by atoms with E-state index in [1.165, 1.54) is 17.4 Å². The quantitative estimate of drug-likeness (QED) is 0.827. The molecular formula is C23H31N3O2. The number of hydrogen-bond acceptors (Lipinski definition) is 2. The van der Waals surface area contributed by atoms with Crippen LogP contribution in [0.5, 0.6) is 0 Å². The highest BCUT2D eigenvalue weighted by Crippen LogP contribution is 2.42. The third-order valence-electron chi connectivity index (χ3n) is 6.78. The van der Waals surface area contributed by atoms with Crippen LogP contribution in [0.4, 0.5) is 0 Å². The van der Waals surface area contributed by atoms with Crippen molar-refractivity contribution >= 4 is 22.7 Å². The molecule has 2 atom stereocenters. The molecule has 1 aromatic carbocycles. The standard InChI is InChI=1S/C23H31N3O2/c1-4-6-9-16(5-2)14-25-15-20(27)26-13-12-18-17-10-7-8-11-19(17)24-21(18)23(26,3)22(25)28/h7-8,10-11,16,24H,4-6,9,12-15H2,1-3H3/t16-,23+/m0/s1. The van der Waals surface area contributed by atoms with Crippen molar-refractivity contribution in [2.45, 2.75) is 58.4 Å². The molecule has 4 rings (SSSR count). The Balaban J connectivity index is 1.71. The number of carbonyl (C=O) groups is 2.